The number of aliphatic hydroxyl groups excluding tert-OH is 1. The molecule has 0 aliphatic rings. The second-order valence-corrected chi connectivity index (χ2v) is 6.04. The lowest BCUT2D eigenvalue weighted by atomic mass is 10.1. The summed E-state index contributed by atoms with van der Waals surface area (Å²) in [6.07, 6.45) is -3.40. The molecule has 0 radical (unpaired) electrons. The van der Waals surface area contributed by atoms with Crippen LogP contribution < -0.4 is 15.4 Å². The first-order valence-corrected chi connectivity index (χ1v) is 8.78. The molecule has 3 N–H and O–H groups in total. The Kier molecular flexibility index (Phi) is 6.48. The number of hydrogen-bond acceptors (Lipinski definition) is 6. The minimum absolute atomic E-state index is 0.140. The Hall–Kier alpha value is -3.66. The maximum atomic E-state index is 12.2. The molecule has 0 saturated carbocycles. The van der Waals surface area contributed by atoms with Gasteiger partial charge in [0.05, 0.1) is 12.3 Å². The highest BCUT2D eigenvalue weighted by molar-refractivity contribution is 5.94. The second-order valence-electron chi connectivity index (χ2n) is 6.04. The summed E-state index contributed by atoms with van der Waals surface area (Å²) in [6.45, 7) is 0.0312. The van der Waals surface area contributed by atoms with E-state index in [0.29, 0.717) is 22.8 Å². The number of aliphatic hydroxyl groups is 1. The van der Waals surface area contributed by atoms with Crippen LogP contribution in [0.2, 0.25) is 0 Å². The summed E-state index contributed by atoms with van der Waals surface area (Å²) < 4.78 is 40.5. The summed E-state index contributed by atoms with van der Waals surface area (Å²) in [5, 5.41) is 14.3. The third kappa shape index (κ3) is 5.92. The van der Waals surface area contributed by atoms with Crippen molar-refractivity contribution in [3.05, 3.63) is 66.5 Å². The van der Waals surface area contributed by atoms with E-state index in [1.165, 1.54) is 30.6 Å². The third-order valence-corrected chi connectivity index (χ3v) is 3.87. The van der Waals surface area contributed by atoms with Crippen molar-refractivity contribution in [2.75, 3.05) is 18.5 Å². The number of rotatable bonds is 7. The first kappa shape index (κ1) is 21.1. The van der Waals surface area contributed by atoms with Crippen LogP contribution in [0, 0.1) is 0 Å². The zero-order valence-electron chi connectivity index (χ0n) is 15.5. The van der Waals surface area contributed by atoms with Crippen molar-refractivity contribution in [3.63, 3.8) is 0 Å². The Morgan fingerprint density at radius 3 is 2.37 bits per heavy atom. The van der Waals surface area contributed by atoms with Crippen molar-refractivity contribution in [2.45, 2.75) is 6.36 Å². The molecule has 7 nitrogen and oxygen atoms in total. The van der Waals surface area contributed by atoms with E-state index >= 15 is 0 Å². The van der Waals surface area contributed by atoms with Gasteiger partial charge in [0.15, 0.2) is 0 Å². The largest absolute Gasteiger partial charge is 0.573 e. The molecule has 1 heterocycles. The fourth-order valence-corrected chi connectivity index (χ4v) is 2.54. The van der Waals surface area contributed by atoms with Gasteiger partial charge >= 0.3 is 6.36 Å². The van der Waals surface area contributed by atoms with Gasteiger partial charge in [0.25, 0.3) is 5.91 Å². The molecular weight excluding hydrogens is 401 g/mol. The van der Waals surface area contributed by atoms with Gasteiger partial charge in [-0.1, -0.05) is 12.1 Å². The lowest BCUT2D eigenvalue weighted by Gasteiger charge is -2.10. The molecule has 1 aromatic heterocycles. The number of aromatic nitrogens is 2. The van der Waals surface area contributed by atoms with Gasteiger partial charge in [0, 0.05) is 29.4 Å². The average Bonchev–Trinajstić information content (AvgIpc) is 2.73. The van der Waals surface area contributed by atoms with Crippen molar-refractivity contribution in [1.82, 2.24) is 15.3 Å². The van der Waals surface area contributed by atoms with Crippen LogP contribution in [0.25, 0.3) is 11.3 Å². The van der Waals surface area contributed by atoms with Gasteiger partial charge in [0.1, 0.15) is 17.9 Å². The molecule has 2 aromatic carbocycles. The molecule has 1 amide bonds. The van der Waals surface area contributed by atoms with Crippen LogP contribution in [-0.4, -0.2) is 40.5 Å². The number of alkyl halides is 3. The van der Waals surface area contributed by atoms with Crippen molar-refractivity contribution in [3.8, 4) is 17.0 Å². The smallest absolute Gasteiger partial charge is 0.406 e. The summed E-state index contributed by atoms with van der Waals surface area (Å²) >= 11 is 0. The Bertz CT molecular complexity index is 993. The lowest BCUT2D eigenvalue weighted by Crippen LogP contribution is -2.26. The van der Waals surface area contributed by atoms with Crippen LogP contribution in [0.1, 0.15) is 10.4 Å². The molecule has 3 aromatic rings. The number of benzene rings is 2. The molecule has 156 valence electrons. The normalized spacial score (nSPS) is 11.1. The van der Waals surface area contributed by atoms with E-state index in [-0.39, 0.29) is 24.8 Å². The molecule has 0 aliphatic carbocycles. The molecule has 3 rings (SSSR count). The fourth-order valence-electron chi connectivity index (χ4n) is 2.54. The number of amides is 1. The quantitative estimate of drug-likeness (QED) is 0.544. The molecule has 30 heavy (non-hydrogen) atoms. The molecule has 0 bridgehead atoms. The van der Waals surface area contributed by atoms with E-state index in [9.17, 15) is 18.0 Å². The number of nitrogens with one attached hydrogen (secondary N) is 2. The van der Waals surface area contributed by atoms with Gasteiger partial charge in [0.2, 0.25) is 0 Å². The number of carbonyl (C=O) groups excluding carboxylic acids is 1. The van der Waals surface area contributed by atoms with E-state index in [1.54, 1.807) is 30.3 Å². The summed E-state index contributed by atoms with van der Waals surface area (Å²) in [7, 11) is 0. The SMILES string of the molecule is O=C(NCCO)c1ccc(-c2cc(Nc3ccc(OC(F)(F)F)cc3)ncn2)cc1. The maximum Gasteiger partial charge on any atom is 0.573 e. The lowest BCUT2D eigenvalue weighted by molar-refractivity contribution is -0.274. The molecule has 0 fully saturated rings. The highest BCUT2D eigenvalue weighted by Crippen LogP contribution is 2.26. The monoisotopic (exact) mass is 418 g/mol. The van der Waals surface area contributed by atoms with Crippen LogP contribution in [-0.2, 0) is 0 Å². The van der Waals surface area contributed by atoms with Crippen molar-refractivity contribution in [1.29, 1.82) is 0 Å². The predicted octanol–water partition coefficient (Wildman–Crippen LogP) is 3.51. The minimum Gasteiger partial charge on any atom is -0.406 e. The van der Waals surface area contributed by atoms with Crippen molar-refractivity contribution < 1.29 is 27.8 Å². The van der Waals surface area contributed by atoms with E-state index in [0.717, 1.165) is 5.56 Å². The molecule has 0 spiro atoms. The minimum atomic E-state index is -4.74. The topological polar surface area (TPSA) is 96.4 Å². The molecular formula is C20H17F3N4O3. The Balaban J connectivity index is 1.69. The zero-order chi connectivity index (χ0) is 21.6. The predicted molar refractivity (Wildman–Crippen MR) is 103 cm³/mol. The summed E-state index contributed by atoms with van der Waals surface area (Å²) in [5.74, 6) is -0.174. The van der Waals surface area contributed by atoms with Crippen LogP contribution >= 0.6 is 0 Å². The standard InChI is InChI=1S/C20H17F3N4O3/c21-20(22,23)30-16-7-5-15(6-8-16)27-18-11-17(25-12-26-18)13-1-3-14(4-2-13)19(29)24-9-10-28/h1-8,11-12,28H,9-10H2,(H,24,29)(H,25,26,27). The maximum absolute atomic E-state index is 12.2. The molecule has 10 heteroatoms. The van der Waals surface area contributed by atoms with E-state index in [4.69, 9.17) is 5.11 Å². The van der Waals surface area contributed by atoms with E-state index in [1.807, 2.05) is 0 Å². The Morgan fingerprint density at radius 2 is 1.73 bits per heavy atom. The van der Waals surface area contributed by atoms with Gasteiger partial charge in [-0.15, -0.1) is 13.2 Å². The van der Waals surface area contributed by atoms with Crippen LogP contribution in [0.15, 0.2) is 60.9 Å². The number of carbonyl (C=O) groups is 1. The summed E-state index contributed by atoms with van der Waals surface area (Å²) in [6, 6.07) is 13.6. The molecule has 0 aliphatic heterocycles. The highest BCUT2D eigenvalue weighted by atomic mass is 19.4. The van der Waals surface area contributed by atoms with E-state index < -0.39 is 6.36 Å². The second kappa shape index (κ2) is 9.23. The van der Waals surface area contributed by atoms with Gasteiger partial charge in [-0.2, -0.15) is 0 Å². The fraction of sp³-hybridized carbons (Fsp3) is 0.150. The van der Waals surface area contributed by atoms with Crippen LogP contribution in [0.3, 0.4) is 0 Å². The van der Waals surface area contributed by atoms with Crippen molar-refractivity contribution >= 4 is 17.4 Å². The summed E-state index contributed by atoms with van der Waals surface area (Å²) in [4.78, 5) is 20.2. The van der Waals surface area contributed by atoms with E-state index in [2.05, 4.69) is 25.3 Å². The summed E-state index contributed by atoms with van der Waals surface area (Å²) in [5.41, 5.74) is 2.30. The van der Waals surface area contributed by atoms with Gasteiger partial charge in [-0.25, -0.2) is 9.97 Å². The zero-order valence-corrected chi connectivity index (χ0v) is 15.5. The number of anilines is 2. The number of hydrogen-bond donors (Lipinski definition) is 3. The first-order chi connectivity index (χ1) is 14.3. The first-order valence-electron chi connectivity index (χ1n) is 8.78. The van der Waals surface area contributed by atoms with Gasteiger partial charge in [-0.05, 0) is 36.4 Å². The number of ether oxygens (including phenoxy) is 1. The highest BCUT2D eigenvalue weighted by Gasteiger charge is 2.30. The number of nitrogens with zero attached hydrogens (tertiary/aromatic N) is 2. The van der Waals surface area contributed by atoms with Gasteiger partial charge < -0.3 is 20.5 Å². The molecule has 0 atom stereocenters. The third-order valence-electron chi connectivity index (χ3n) is 3.87. The van der Waals surface area contributed by atoms with Crippen LogP contribution in [0.5, 0.6) is 5.75 Å². The average molecular weight is 418 g/mol. The Labute approximate surface area is 169 Å². The van der Waals surface area contributed by atoms with Crippen molar-refractivity contribution in [2.24, 2.45) is 0 Å². The molecule has 0 saturated heterocycles. The molecule has 0 unspecified atom stereocenters. The van der Waals surface area contributed by atoms with Gasteiger partial charge in [-0.3, -0.25) is 4.79 Å². The van der Waals surface area contributed by atoms with Crippen LogP contribution in [0.4, 0.5) is 24.7 Å². The Morgan fingerprint density at radius 1 is 1.03 bits per heavy atom. The number of halogens is 3.